The zero-order valence-electron chi connectivity index (χ0n) is 11.8. The molecule has 1 aromatic rings. The molecule has 0 spiro atoms. The van der Waals surface area contributed by atoms with Crippen molar-refractivity contribution in [2.24, 2.45) is 5.92 Å². The first kappa shape index (κ1) is 13.6. The second kappa shape index (κ2) is 6.35. The molecule has 0 amide bonds. The fourth-order valence-corrected chi connectivity index (χ4v) is 2.67. The summed E-state index contributed by atoms with van der Waals surface area (Å²) in [5.74, 6) is 1.28. The molecule has 100 valence electrons. The first-order chi connectivity index (χ1) is 8.70. The summed E-state index contributed by atoms with van der Waals surface area (Å²) in [6.07, 6.45) is 2.29. The van der Waals surface area contributed by atoms with Crippen molar-refractivity contribution < 1.29 is 4.74 Å². The van der Waals surface area contributed by atoms with Gasteiger partial charge in [-0.1, -0.05) is 38.1 Å². The van der Waals surface area contributed by atoms with Crippen LogP contribution in [-0.4, -0.2) is 26.3 Å². The summed E-state index contributed by atoms with van der Waals surface area (Å²) in [5.41, 5.74) is 2.84. The Morgan fingerprint density at radius 3 is 2.50 bits per heavy atom. The number of ether oxygens (including phenoxy) is 1. The SMILES string of the molecule is CNC(Cc1ccc(C(C)C)cc1)C1CCOC1. The first-order valence-corrected chi connectivity index (χ1v) is 7.04. The van der Waals surface area contributed by atoms with E-state index in [4.69, 9.17) is 4.74 Å². The van der Waals surface area contributed by atoms with E-state index in [1.165, 1.54) is 17.5 Å². The van der Waals surface area contributed by atoms with Gasteiger partial charge >= 0.3 is 0 Å². The van der Waals surface area contributed by atoms with Gasteiger partial charge in [0.15, 0.2) is 0 Å². The lowest BCUT2D eigenvalue weighted by atomic mass is 9.92. The predicted octanol–water partition coefficient (Wildman–Crippen LogP) is 2.98. The second-order valence-corrected chi connectivity index (χ2v) is 5.62. The molecule has 1 fully saturated rings. The Labute approximate surface area is 111 Å². The van der Waals surface area contributed by atoms with Crippen molar-refractivity contribution in [3.05, 3.63) is 35.4 Å². The van der Waals surface area contributed by atoms with Crippen molar-refractivity contribution >= 4 is 0 Å². The van der Waals surface area contributed by atoms with Crippen LogP contribution < -0.4 is 5.32 Å². The zero-order chi connectivity index (χ0) is 13.0. The summed E-state index contributed by atoms with van der Waals surface area (Å²) in [6.45, 7) is 6.31. The molecule has 18 heavy (non-hydrogen) atoms. The molecule has 0 aromatic heterocycles. The van der Waals surface area contributed by atoms with Gasteiger partial charge in [-0.2, -0.15) is 0 Å². The molecule has 1 saturated heterocycles. The smallest absolute Gasteiger partial charge is 0.0510 e. The lowest BCUT2D eigenvalue weighted by molar-refractivity contribution is 0.177. The lowest BCUT2D eigenvalue weighted by Gasteiger charge is -2.22. The maximum absolute atomic E-state index is 5.49. The van der Waals surface area contributed by atoms with Crippen LogP contribution >= 0.6 is 0 Å². The molecule has 0 bridgehead atoms. The zero-order valence-corrected chi connectivity index (χ0v) is 11.8. The van der Waals surface area contributed by atoms with Crippen LogP contribution in [0.5, 0.6) is 0 Å². The molecule has 1 aromatic carbocycles. The Morgan fingerprint density at radius 1 is 1.28 bits per heavy atom. The number of rotatable bonds is 5. The molecule has 0 radical (unpaired) electrons. The summed E-state index contributed by atoms with van der Waals surface area (Å²) < 4.78 is 5.49. The van der Waals surface area contributed by atoms with E-state index in [-0.39, 0.29) is 0 Å². The monoisotopic (exact) mass is 247 g/mol. The molecule has 1 heterocycles. The quantitative estimate of drug-likeness (QED) is 0.863. The van der Waals surface area contributed by atoms with Gasteiger partial charge in [-0.15, -0.1) is 0 Å². The molecule has 2 nitrogen and oxygen atoms in total. The number of nitrogens with one attached hydrogen (secondary N) is 1. The lowest BCUT2D eigenvalue weighted by Crippen LogP contribution is -2.35. The molecule has 1 aliphatic rings. The molecular formula is C16H25NO. The van der Waals surface area contributed by atoms with Gasteiger partial charge in [-0.25, -0.2) is 0 Å². The average molecular weight is 247 g/mol. The van der Waals surface area contributed by atoms with Crippen molar-refractivity contribution in [3.63, 3.8) is 0 Å². The molecule has 2 atom stereocenters. The minimum absolute atomic E-state index is 0.539. The van der Waals surface area contributed by atoms with Crippen LogP contribution in [0.15, 0.2) is 24.3 Å². The van der Waals surface area contributed by atoms with Crippen LogP contribution in [0, 0.1) is 5.92 Å². The molecule has 1 N–H and O–H groups in total. The van der Waals surface area contributed by atoms with E-state index >= 15 is 0 Å². The molecule has 2 unspecified atom stereocenters. The van der Waals surface area contributed by atoms with E-state index in [1.807, 2.05) is 0 Å². The van der Waals surface area contributed by atoms with Gasteiger partial charge in [-0.05, 0) is 36.9 Å². The van der Waals surface area contributed by atoms with Gasteiger partial charge in [0.05, 0.1) is 6.61 Å². The molecule has 1 aliphatic heterocycles. The van der Waals surface area contributed by atoms with E-state index in [9.17, 15) is 0 Å². The van der Waals surface area contributed by atoms with E-state index in [0.717, 1.165) is 19.6 Å². The molecular weight excluding hydrogens is 222 g/mol. The van der Waals surface area contributed by atoms with Gasteiger partial charge in [0.1, 0.15) is 0 Å². The largest absolute Gasteiger partial charge is 0.381 e. The highest BCUT2D eigenvalue weighted by Crippen LogP contribution is 2.21. The third kappa shape index (κ3) is 3.33. The third-order valence-electron chi connectivity index (χ3n) is 4.01. The highest BCUT2D eigenvalue weighted by Gasteiger charge is 2.24. The van der Waals surface area contributed by atoms with Crippen LogP contribution in [0.2, 0.25) is 0 Å². The van der Waals surface area contributed by atoms with Crippen molar-refractivity contribution in [2.75, 3.05) is 20.3 Å². The summed E-state index contributed by atoms with van der Waals surface area (Å²) >= 11 is 0. The Hall–Kier alpha value is -0.860. The summed E-state index contributed by atoms with van der Waals surface area (Å²) in [6, 6.07) is 9.61. The molecule has 0 saturated carbocycles. The van der Waals surface area contributed by atoms with Crippen LogP contribution in [-0.2, 0) is 11.2 Å². The van der Waals surface area contributed by atoms with Gasteiger partial charge < -0.3 is 10.1 Å². The summed E-state index contributed by atoms with van der Waals surface area (Å²) in [7, 11) is 2.06. The number of likely N-dealkylation sites (N-methyl/N-ethyl adjacent to an activating group) is 1. The van der Waals surface area contributed by atoms with Crippen molar-refractivity contribution in [1.29, 1.82) is 0 Å². The molecule has 0 aliphatic carbocycles. The van der Waals surface area contributed by atoms with Crippen LogP contribution in [0.25, 0.3) is 0 Å². The Balaban J connectivity index is 1.98. The van der Waals surface area contributed by atoms with E-state index in [0.29, 0.717) is 17.9 Å². The molecule has 2 rings (SSSR count). The van der Waals surface area contributed by atoms with E-state index < -0.39 is 0 Å². The fourth-order valence-electron chi connectivity index (χ4n) is 2.67. The van der Waals surface area contributed by atoms with Gasteiger partial charge in [0, 0.05) is 18.6 Å². The average Bonchev–Trinajstić information content (AvgIpc) is 2.90. The Morgan fingerprint density at radius 2 is 2.00 bits per heavy atom. The first-order valence-electron chi connectivity index (χ1n) is 7.04. The van der Waals surface area contributed by atoms with Gasteiger partial charge in [-0.3, -0.25) is 0 Å². The number of hydrogen-bond acceptors (Lipinski definition) is 2. The van der Waals surface area contributed by atoms with Crippen LogP contribution in [0.4, 0.5) is 0 Å². The van der Waals surface area contributed by atoms with E-state index in [2.05, 4.69) is 50.5 Å². The van der Waals surface area contributed by atoms with Crippen molar-refractivity contribution in [1.82, 2.24) is 5.32 Å². The predicted molar refractivity (Wildman–Crippen MR) is 76.0 cm³/mol. The highest BCUT2D eigenvalue weighted by atomic mass is 16.5. The van der Waals surface area contributed by atoms with Gasteiger partial charge in [0.2, 0.25) is 0 Å². The minimum Gasteiger partial charge on any atom is -0.381 e. The second-order valence-electron chi connectivity index (χ2n) is 5.62. The van der Waals surface area contributed by atoms with Crippen LogP contribution in [0.1, 0.15) is 37.3 Å². The summed E-state index contributed by atoms with van der Waals surface area (Å²) in [4.78, 5) is 0. The minimum atomic E-state index is 0.539. The topological polar surface area (TPSA) is 21.3 Å². The number of benzene rings is 1. The van der Waals surface area contributed by atoms with Crippen molar-refractivity contribution in [3.8, 4) is 0 Å². The maximum Gasteiger partial charge on any atom is 0.0510 e. The Kier molecular flexibility index (Phi) is 4.79. The van der Waals surface area contributed by atoms with E-state index in [1.54, 1.807) is 0 Å². The highest BCUT2D eigenvalue weighted by molar-refractivity contribution is 5.25. The fraction of sp³-hybridized carbons (Fsp3) is 0.625. The third-order valence-corrected chi connectivity index (χ3v) is 4.01. The number of hydrogen-bond donors (Lipinski definition) is 1. The normalized spacial score (nSPS) is 21.4. The van der Waals surface area contributed by atoms with Gasteiger partial charge in [0.25, 0.3) is 0 Å². The van der Waals surface area contributed by atoms with Crippen LogP contribution in [0.3, 0.4) is 0 Å². The Bertz CT molecular complexity index is 352. The molecule has 2 heteroatoms. The van der Waals surface area contributed by atoms with Crippen molar-refractivity contribution in [2.45, 2.75) is 38.6 Å². The summed E-state index contributed by atoms with van der Waals surface area (Å²) in [5, 5.41) is 3.45. The maximum atomic E-state index is 5.49. The standard InChI is InChI=1S/C16H25NO/c1-12(2)14-6-4-13(5-7-14)10-16(17-3)15-8-9-18-11-15/h4-7,12,15-17H,8-11H2,1-3H3.